The second kappa shape index (κ2) is 4.78. The van der Waals surface area contributed by atoms with Gasteiger partial charge in [0.25, 0.3) is 0 Å². The number of nitrogens with two attached hydrogens (primary N) is 1. The fraction of sp³-hybridized carbons (Fsp3) is 0.500. The maximum Gasteiger partial charge on any atom is 0.122 e. The van der Waals surface area contributed by atoms with Crippen LogP contribution in [0.25, 0.3) is 0 Å². The van der Waals surface area contributed by atoms with Gasteiger partial charge in [0, 0.05) is 6.04 Å². The number of pyridine rings is 1. The Balaban J connectivity index is 1.89. The smallest absolute Gasteiger partial charge is 0.122 e. The van der Waals surface area contributed by atoms with E-state index in [0.717, 1.165) is 11.6 Å². The second-order valence-electron chi connectivity index (χ2n) is 4.33. The van der Waals surface area contributed by atoms with Crippen LogP contribution in [0.4, 0.5) is 5.69 Å². The summed E-state index contributed by atoms with van der Waals surface area (Å²) in [5.74, 6) is 0.847. The van der Waals surface area contributed by atoms with Crippen molar-refractivity contribution in [3.63, 3.8) is 0 Å². The molecule has 0 aromatic carbocycles. The van der Waals surface area contributed by atoms with E-state index in [1.165, 1.54) is 19.3 Å². The maximum absolute atomic E-state index is 5.49. The first kappa shape index (κ1) is 11.3. The number of rotatable bonds is 5. The van der Waals surface area contributed by atoms with Gasteiger partial charge in [-0.15, -0.1) is 0 Å². The lowest BCUT2D eigenvalue weighted by molar-refractivity contribution is 0.693. The quantitative estimate of drug-likeness (QED) is 0.769. The Morgan fingerprint density at radius 2 is 2.44 bits per heavy atom. The van der Waals surface area contributed by atoms with Gasteiger partial charge >= 0.3 is 0 Å². The van der Waals surface area contributed by atoms with Gasteiger partial charge in [-0.05, 0) is 30.9 Å². The molecule has 0 spiro atoms. The van der Waals surface area contributed by atoms with Gasteiger partial charge in [0.1, 0.15) is 4.99 Å². The lowest BCUT2D eigenvalue weighted by Gasteiger charge is -2.05. The van der Waals surface area contributed by atoms with E-state index in [1.807, 2.05) is 12.1 Å². The van der Waals surface area contributed by atoms with Gasteiger partial charge < -0.3 is 11.1 Å². The molecule has 86 valence electrons. The zero-order chi connectivity index (χ0) is 11.5. The molecule has 0 aliphatic heterocycles. The van der Waals surface area contributed by atoms with Crippen molar-refractivity contribution in [2.75, 3.05) is 5.32 Å². The lowest BCUT2D eigenvalue weighted by Crippen LogP contribution is -2.12. The van der Waals surface area contributed by atoms with Crippen molar-refractivity contribution in [2.24, 2.45) is 11.7 Å². The number of aromatic nitrogens is 1. The third-order valence-corrected chi connectivity index (χ3v) is 3.16. The molecule has 0 radical (unpaired) electrons. The molecule has 1 aliphatic carbocycles. The second-order valence-corrected chi connectivity index (χ2v) is 4.77. The highest BCUT2D eigenvalue weighted by Crippen LogP contribution is 2.36. The first-order valence-corrected chi connectivity index (χ1v) is 6.14. The molecule has 1 aliphatic rings. The number of hydrogen-bond acceptors (Lipinski definition) is 3. The lowest BCUT2D eigenvalue weighted by atomic mass is 10.2. The highest BCUT2D eigenvalue weighted by Gasteiger charge is 2.35. The van der Waals surface area contributed by atoms with E-state index < -0.39 is 0 Å². The van der Waals surface area contributed by atoms with Crippen LogP contribution in [0.2, 0.25) is 0 Å². The standard InChI is InChI=1S/C12H17N3S/c1-2-3-8-6-11(8)15-9-4-5-10(12(13)16)14-7-9/h4-5,7-8,11,15H,2-3,6H2,1H3,(H2,13,16). The highest BCUT2D eigenvalue weighted by atomic mass is 32.1. The van der Waals surface area contributed by atoms with Crippen LogP contribution < -0.4 is 11.1 Å². The van der Waals surface area contributed by atoms with Crippen molar-refractivity contribution in [3.8, 4) is 0 Å². The monoisotopic (exact) mass is 235 g/mol. The molecule has 2 atom stereocenters. The average Bonchev–Trinajstić information content (AvgIpc) is 2.98. The van der Waals surface area contributed by atoms with E-state index in [0.29, 0.717) is 16.7 Å². The minimum Gasteiger partial charge on any atom is -0.388 e. The average molecular weight is 235 g/mol. The van der Waals surface area contributed by atoms with Crippen LogP contribution in [0.15, 0.2) is 18.3 Å². The molecular weight excluding hydrogens is 218 g/mol. The molecule has 0 saturated heterocycles. The molecule has 0 amide bonds. The van der Waals surface area contributed by atoms with E-state index in [9.17, 15) is 0 Å². The van der Waals surface area contributed by atoms with Crippen LogP contribution >= 0.6 is 12.2 Å². The normalized spacial score (nSPS) is 22.8. The summed E-state index contributed by atoms with van der Waals surface area (Å²) in [7, 11) is 0. The summed E-state index contributed by atoms with van der Waals surface area (Å²) in [4.78, 5) is 4.55. The summed E-state index contributed by atoms with van der Waals surface area (Å²) < 4.78 is 0. The molecule has 0 bridgehead atoms. The molecule has 1 aromatic heterocycles. The number of nitrogens with zero attached hydrogens (tertiary/aromatic N) is 1. The molecule has 1 aromatic rings. The summed E-state index contributed by atoms with van der Waals surface area (Å²) in [5.41, 5.74) is 7.23. The Morgan fingerprint density at radius 1 is 1.62 bits per heavy atom. The first-order valence-electron chi connectivity index (χ1n) is 5.73. The Labute approximate surface area is 101 Å². The third-order valence-electron chi connectivity index (χ3n) is 2.95. The molecule has 4 heteroatoms. The Bertz CT molecular complexity index is 374. The minimum absolute atomic E-state index is 0.349. The summed E-state index contributed by atoms with van der Waals surface area (Å²) in [6.07, 6.45) is 5.66. The fourth-order valence-electron chi connectivity index (χ4n) is 1.95. The van der Waals surface area contributed by atoms with Gasteiger partial charge in [-0.25, -0.2) is 0 Å². The number of nitrogens with one attached hydrogen (secondary N) is 1. The number of hydrogen-bond donors (Lipinski definition) is 2. The van der Waals surface area contributed by atoms with E-state index in [1.54, 1.807) is 6.20 Å². The Hall–Kier alpha value is -1.16. The van der Waals surface area contributed by atoms with E-state index in [-0.39, 0.29) is 0 Å². The van der Waals surface area contributed by atoms with Crippen LogP contribution in [0, 0.1) is 5.92 Å². The van der Waals surface area contributed by atoms with E-state index in [4.69, 9.17) is 18.0 Å². The van der Waals surface area contributed by atoms with Gasteiger partial charge in [0.05, 0.1) is 17.6 Å². The summed E-state index contributed by atoms with van der Waals surface area (Å²) in [5, 5.41) is 3.47. The SMILES string of the molecule is CCCC1CC1Nc1ccc(C(N)=S)nc1. The number of anilines is 1. The molecule has 2 unspecified atom stereocenters. The van der Waals surface area contributed by atoms with Gasteiger partial charge in [0.2, 0.25) is 0 Å². The molecule has 16 heavy (non-hydrogen) atoms. The molecule has 3 N–H and O–H groups in total. The van der Waals surface area contributed by atoms with Crippen LogP contribution in [-0.4, -0.2) is 16.0 Å². The molecule has 3 nitrogen and oxygen atoms in total. The fourth-order valence-corrected chi connectivity index (χ4v) is 2.07. The van der Waals surface area contributed by atoms with Crippen LogP contribution in [0.1, 0.15) is 31.9 Å². The number of thiocarbonyl (C=S) groups is 1. The molecular formula is C12H17N3S. The van der Waals surface area contributed by atoms with Crippen molar-refractivity contribution in [2.45, 2.75) is 32.2 Å². The van der Waals surface area contributed by atoms with Crippen molar-refractivity contribution in [3.05, 3.63) is 24.0 Å². The van der Waals surface area contributed by atoms with Gasteiger partial charge in [-0.2, -0.15) is 0 Å². The third kappa shape index (κ3) is 2.70. The predicted molar refractivity (Wildman–Crippen MR) is 70.6 cm³/mol. The largest absolute Gasteiger partial charge is 0.388 e. The first-order chi connectivity index (χ1) is 7.70. The zero-order valence-corrected chi connectivity index (χ0v) is 10.3. The minimum atomic E-state index is 0.349. The summed E-state index contributed by atoms with van der Waals surface area (Å²) in [6, 6.07) is 4.49. The van der Waals surface area contributed by atoms with E-state index in [2.05, 4.69) is 17.2 Å². The predicted octanol–water partition coefficient (Wildman–Crippen LogP) is 2.32. The van der Waals surface area contributed by atoms with Gasteiger partial charge in [0.15, 0.2) is 0 Å². The Kier molecular flexibility index (Phi) is 3.39. The van der Waals surface area contributed by atoms with Gasteiger partial charge in [-0.1, -0.05) is 25.6 Å². The van der Waals surface area contributed by atoms with Crippen LogP contribution in [0.3, 0.4) is 0 Å². The molecule has 2 rings (SSSR count). The summed E-state index contributed by atoms with van der Waals surface area (Å²) >= 11 is 4.85. The highest BCUT2D eigenvalue weighted by molar-refractivity contribution is 7.80. The van der Waals surface area contributed by atoms with Crippen molar-refractivity contribution < 1.29 is 0 Å². The van der Waals surface area contributed by atoms with E-state index >= 15 is 0 Å². The zero-order valence-electron chi connectivity index (χ0n) is 9.44. The summed E-state index contributed by atoms with van der Waals surface area (Å²) in [6.45, 7) is 2.23. The molecule has 1 saturated carbocycles. The van der Waals surface area contributed by atoms with Gasteiger partial charge in [-0.3, -0.25) is 4.98 Å². The van der Waals surface area contributed by atoms with Crippen molar-refractivity contribution in [1.29, 1.82) is 0 Å². The Morgan fingerprint density at radius 3 is 3.00 bits per heavy atom. The van der Waals surface area contributed by atoms with Crippen LogP contribution in [0.5, 0.6) is 0 Å². The van der Waals surface area contributed by atoms with Crippen molar-refractivity contribution >= 4 is 22.9 Å². The molecule has 1 fully saturated rings. The topological polar surface area (TPSA) is 50.9 Å². The maximum atomic E-state index is 5.49. The molecule has 1 heterocycles. The van der Waals surface area contributed by atoms with Crippen molar-refractivity contribution in [1.82, 2.24) is 4.98 Å². The van der Waals surface area contributed by atoms with Crippen LogP contribution in [-0.2, 0) is 0 Å².